The number of aryl methyl sites for hydroxylation is 2. The molecule has 0 amide bonds. The van der Waals surface area contributed by atoms with E-state index in [1.54, 1.807) is 0 Å². The first-order valence-electron chi connectivity index (χ1n) is 15.6. The summed E-state index contributed by atoms with van der Waals surface area (Å²) in [7, 11) is 0. The first kappa shape index (κ1) is 40.1. The van der Waals surface area contributed by atoms with Gasteiger partial charge in [0, 0.05) is 34.1 Å². The molecule has 4 aromatic rings. The number of halogens is 6. The van der Waals surface area contributed by atoms with Crippen LogP contribution in [0.1, 0.15) is 35.1 Å². The zero-order valence-corrected chi connectivity index (χ0v) is 29.3. The lowest BCUT2D eigenvalue weighted by molar-refractivity contribution is -0.155. The first-order chi connectivity index (χ1) is 24.6. The van der Waals surface area contributed by atoms with Gasteiger partial charge >= 0.3 is 30.4 Å². The Labute approximate surface area is 304 Å². The van der Waals surface area contributed by atoms with Crippen molar-refractivity contribution in [1.29, 1.82) is 0 Å². The molecule has 2 atom stereocenters. The molecule has 276 valence electrons. The smallest absolute Gasteiger partial charge is 0.479 e. The highest BCUT2D eigenvalue weighted by Gasteiger charge is 2.33. The number of alkyl halides is 6. The maximum Gasteiger partial charge on any atom is 0.524 e. The molecule has 7 nitrogen and oxygen atoms in total. The van der Waals surface area contributed by atoms with Gasteiger partial charge in [-0.15, -0.1) is 23.5 Å². The summed E-state index contributed by atoms with van der Waals surface area (Å²) in [6.45, 7) is 3.82. The molecule has 0 radical (unpaired) electrons. The predicted octanol–water partition coefficient (Wildman–Crippen LogP) is 10.1. The SMILES string of the molecule is Cc1ccc(SCC[C@H](Oc2ccc(C(F)(F)F)cc2)C(=O)OC(=O)OC(=O)[C@H](CCSc2ccc(C)cc2)Oc2ccc(C(F)(F)F)cc2)cc1. The van der Waals surface area contributed by atoms with Crippen LogP contribution in [0.2, 0.25) is 0 Å². The van der Waals surface area contributed by atoms with Crippen LogP contribution in [0.4, 0.5) is 31.1 Å². The Balaban J connectivity index is 1.43. The number of hydrogen-bond donors (Lipinski definition) is 0. The number of hydrogen-bond acceptors (Lipinski definition) is 9. The number of thioether (sulfide) groups is 2. The van der Waals surface area contributed by atoms with E-state index in [0.717, 1.165) is 69.4 Å². The molecule has 52 heavy (non-hydrogen) atoms. The molecule has 0 fully saturated rings. The Morgan fingerprint density at radius 1 is 0.538 bits per heavy atom. The average Bonchev–Trinajstić information content (AvgIpc) is 3.08. The minimum Gasteiger partial charge on any atom is -0.479 e. The van der Waals surface area contributed by atoms with Crippen molar-refractivity contribution in [2.75, 3.05) is 11.5 Å². The minimum atomic E-state index is -4.61. The van der Waals surface area contributed by atoms with Crippen LogP contribution in [-0.2, 0) is 31.4 Å². The van der Waals surface area contributed by atoms with Crippen LogP contribution < -0.4 is 9.47 Å². The molecule has 0 saturated carbocycles. The molecule has 0 saturated heterocycles. The van der Waals surface area contributed by atoms with Gasteiger partial charge < -0.3 is 18.9 Å². The van der Waals surface area contributed by atoms with Gasteiger partial charge in [-0.05, 0) is 86.6 Å². The third-order valence-corrected chi connectivity index (χ3v) is 9.24. The molecule has 0 N–H and O–H groups in total. The number of benzene rings is 4. The second-order valence-electron chi connectivity index (χ2n) is 11.2. The van der Waals surface area contributed by atoms with Crippen molar-refractivity contribution >= 4 is 41.6 Å². The highest BCUT2D eigenvalue weighted by atomic mass is 32.2. The first-order valence-corrected chi connectivity index (χ1v) is 17.6. The zero-order valence-electron chi connectivity index (χ0n) is 27.7. The Morgan fingerprint density at radius 3 is 1.17 bits per heavy atom. The molecule has 4 aromatic carbocycles. The lowest BCUT2D eigenvalue weighted by Crippen LogP contribution is -2.35. The lowest BCUT2D eigenvalue weighted by Gasteiger charge is -2.19. The molecule has 0 unspecified atom stereocenters. The molecule has 0 bridgehead atoms. The largest absolute Gasteiger partial charge is 0.524 e. The molecule has 0 aliphatic rings. The molecule has 0 spiro atoms. The van der Waals surface area contributed by atoms with Crippen molar-refractivity contribution < 1.29 is 59.7 Å². The average molecular weight is 767 g/mol. The van der Waals surface area contributed by atoms with Gasteiger partial charge in [-0.1, -0.05) is 35.4 Å². The van der Waals surface area contributed by atoms with Crippen molar-refractivity contribution in [2.24, 2.45) is 0 Å². The van der Waals surface area contributed by atoms with Crippen LogP contribution >= 0.6 is 23.5 Å². The van der Waals surface area contributed by atoms with E-state index in [4.69, 9.17) is 18.9 Å². The van der Waals surface area contributed by atoms with E-state index in [0.29, 0.717) is 0 Å². The number of ether oxygens (including phenoxy) is 4. The highest BCUT2D eigenvalue weighted by Crippen LogP contribution is 2.32. The molecule has 0 aliphatic carbocycles. The quantitative estimate of drug-likeness (QED) is 0.0539. The van der Waals surface area contributed by atoms with E-state index in [1.165, 1.54) is 23.5 Å². The van der Waals surface area contributed by atoms with E-state index in [2.05, 4.69) is 0 Å². The van der Waals surface area contributed by atoms with Gasteiger partial charge in [-0.2, -0.15) is 26.3 Å². The van der Waals surface area contributed by atoms with E-state index >= 15 is 0 Å². The van der Waals surface area contributed by atoms with E-state index in [1.807, 2.05) is 62.4 Å². The fourth-order valence-electron chi connectivity index (χ4n) is 4.38. The van der Waals surface area contributed by atoms with Crippen molar-refractivity contribution in [1.82, 2.24) is 0 Å². The second kappa shape index (κ2) is 18.2. The molecule has 4 rings (SSSR count). The normalized spacial score (nSPS) is 12.8. The Kier molecular flexibility index (Phi) is 14.1. The van der Waals surface area contributed by atoms with Gasteiger partial charge in [-0.3, -0.25) is 0 Å². The fourth-order valence-corrected chi connectivity index (χ4v) is 6.17. The van der Waals surface area contributed by atoms with Crippen LogP contribution in [0.15, 0.2) is 107 Å². The molecular weight excluding hydrogens is 735 g/mol. The summed E-state index contributed by atoms with van der Waals surface area (Å²) in [5, 5.41) is 0. The van der Waals surface area contributed by atoms with E-state index < -0.39 is 53.8 Å². The van der Waals surface area contributed by atoms with Crippen LogP contribution in [0, 0.1) is 13.8 Å². The topological polar surface area (TPSA) is 88.1 Å². The number of rotatable bonds is 14. The summed E-state index contributed by atoms with van der Waals surface area (Å²) < 4.78 is 99.1. The van der Waals surface area contributed by atoms with Gasteiger partial charge in [-0.25, -0.2) is 14.4 Å². The van der Waals surface area contributed by atoms with Gasteiger partial charge in [0.1, 0.15) is 11.5 Å². The lowest BCUT2D eigenvalue weighted by atomic mass is 10.2. The third kappa shape index (κ3) is 12.9. The van der Waals surface area contributed by atoms with Crippen LogP contribution in [-0.4, -0.2) is 41.8 Å². The van der Waals surface area contributed by atoms with Crippen LogP contribution in [0.5, 0.6) is 11.5 Å². The molecular formula is C37H32F6O7S2. The summed E-state index contributed by atoms with van der Waals surface area (Å²) in [6.07, 6.45) is -14.1. The van der Waals surface area contributed by atoms with Crippen molar-refractivity contribution in [3.8, 4) is 11.5 Å². The maximum atomic E-state index is 13.1. The maximum absolute atomic E-state index is 13.1. The van der Waals surface area contributed by atoms with Crippen molar-refractivity contribution in [3.63, 3.8) is 0 Å². The number of esters is 2. The Bertz CT molecular complexity index is 1650. The van der Waals surface area contributed by atoms with Gasteiger partial charge in [0.05, 0.1) is 11.1 Å². The number of carbonyl (C=O) groups is 3. The molecule has 0 heterocycles. The minimum absolute atomic E-state index is 0.0600. The molecule has 0 aliphatic heterocycles. The standard InChI is InChI=1S/C37H32F6O7S2/c1-23-3-15-29(16-4-23)51-21-19-31(47-27-11-7-25(8-12-27)36(38,39)40)33(44)49-35(46)50-34(45)32(20-22-52-30-17-5-24(2)6-18-30)48-28-13-9-26(10-14-28)37(41,42)43/h3-18,31-32H,19-22H2,1-2H3/t31-,32-/m0/s1. The fraction of sp³-hybridized carbons (Fsp3) is 0.270. The third-order valence-electron chi connectivity index (χ3n) is 7.15. The summed E-state index contributed by atoms with van der Waals surface area (Å²) in [5.74, 6) is -2.26. The van der Waals surface area contributed by atoms with Crippen molar-refractivity contribution in [3.05, 3.63) is 119 Å². The molecule has 15 heteroatoms. The molecule has 0 aromatic heterocycles. The summed E-state index contributed by atoms with van der Waals surface area (Å²) in [5.41, 5.74) is 0.172. The van der Waals surface area contributed by atoms with Crippen LogP contribution in [0.25, 0.3) is 0 Å². The summed E-state index contributed by atoms with van der Waals surface area (Å²) in [4.78, 5) is 40.6. The van der Waals surface area contributed by atoms with Gasteiger partial charge in [0.25, 0.3) is 0 Å². The zero-order chi connectivity index (χ0) is 37.9. The summed E-state index contributed by atoms with van der Waals surface area (Å²) in [6, 6.07) is 22.1. The summed E-state index contributed by atoms with van der Waals surface area (Å²) >= 11 is 2.69. The van der Waals surface area contributed by atoms with Gasteiger partial charge in [0.15, 0.2) is 12.2 Å². The number of carbonyl (C=O) groups excluding carboxylic acids is 3. The van der Waals surface area contributed by atoms with Crippen molar-refractivity contribution in [2.45, 2.75) is 61.0 Å². The van der Waals surface area contributed by atoms with E-state index in [-0.39, 0.29) is 35.8 Å². The monoisotopic (exact) mass is 766 g/mol. The van der Waals surface area contributed by atoms with Crippen LogP contribution in [0.3, 0.4) is 0 Å². The highest BCUT2D eigenvalue weighted by molar-refractivity contribution is 7.99. The Morgan fingerprint density at radius 2 is 0.865 bits per heavy atom. The van der Waals surface area contributed by atoms with E-state index in [9.17, 15) is 40.7 Å². The van der Waals surface area contributed by atoms with Gasteiger partial charge in [0.2, 0.25) is 0 Å². The predicted molar refractivity (Wildman–Crippen MR) is 182 cm³/mol. The second-order valence-corrected chi connectivity index (χ2v) is 13.6. The Hall–Kier alpha value is -4.63.